The van der Waals surface area contributed by atoms with Crippen LogP contribution in [0.25, 0.3) is 0 Å². The molecule has 2 aromatic carbocycles. The molecule has 2 atom stereocenters. The Bertz CT molecular complexity index is 1420. The van der Waals surface area contributed by atoms with Crippen LogP contribution >= 0.6 is 0 Å². The first-order chi connectivity index (χ1) is 21.1. The van der Waals surface area contributed by atoms with Crippen molar-refractivity contribution in [2.24, 2.45) is 5.41 Å². The van der Waals surface area contributed by atoms with E-state index in [-0.39, 0.29) is 35.6 Å². The minimum Gasteiger partial charge on any atom is -0.356 e. The number of nitrogens with one attached hydrogen (secondary N) is 3. The molecule has 3 N–H and O–H groups in total. The van der Waals surface area contributed by atoms with Crippen molar-refractivity contribution in [1.82, 2.24) is 20.5 Å². The number of benzene rings is 2. The third-order valence-corrected chi connectivity index (χ3v) is 7.51. The Morgan fingerprint density at radius 2 is 1.75 bits per heavy atom. The van der Waals surface area contributed by atoms with Gasteiger partial charge in [0.1, 0.15) is 6.04 Å². The zero-order valence-electron chi connectivity index (χ0n) is 25.8. The SMILES string of the molecule is CC(C)(C)CC(=O)NCCCC(=O)Nc1cccc(C(=O)N[C@H](C(=O)N2CCCC[C@@H]2c2cccnc2)c2ccccc2)c1. The maximum absolute atomic E-state index is 14.1. The second-order valence-corrected chi connectivity index (χ2v) is 12.5. The van der Waals surface area contributed by atoms with Crippen LogP contribution in [-0.4, -0.2) is 46.6 Å². The van der Waals surface area contributed by atoms with E-state index in [9.17, 15) is 19.2 Å². The van der Waals surface area contributed by atoms with Gasteiger partial charge in [-0.3, -0.25) is 24.2 Å². The number of nitrogens with zero attached hydrogens (tertiary/aromatic N) is 2. The van der Waals surface area contributed by atoms with Crippen molar-refractivity contribution in [3.8, 4) is 0 Å². The van der Waals surface area contributed by atoms with Crippen molar-refractivity contribution in [3.05, 3.63) is 95.8 Å². The lowest BCUT2D eigenvalue weighted by atomic mass is 9.92. The first kappa shape index (κ1) is 32.4. The van der Waals surface area contributed by atoms with E-state index in [1.807, 2.05) is 68.1 Å². The molecule has 0 unspecified atom stereocenters. The number of pyridine rings is 1. The van der Waals surface area contributed by atoms with Crippen LogP contribution in [0.3, 0.4) is 0 Å². The van der Waals surface area contributed by atoms with Gasteiger partial charge in [-0.15, -0.1) is 0 Å². The van der Waals surface area contributed by atoms with E-state index in [4.69, 9.17) is 0 Å². The average molecular weight is 598 g/mol. The molecule has 1 aliphatic rings. The smallest absolute Gasteiger partial charge is 0.252 e. The maximum atomic E-state index is 14.1. The van der Waals surface area contributed by atoms with E-state index in [1.54, 1.807) is 36.7 Å². The van der Waals surface area contributed by atoms with E-state index in [1.165, 1.54) is 0 Å². The standard InChI is InChI=1S/C35H43N5O4/c1-35(2,3)23-31(42)37-20-11-18-30(41)38-28-16-9-14-26(22-28)33(43)39-32(25-12-5-4-6-13-25)34(44)40-21-8-7-17-29(40)27-15-10-19-36-24-27/h4-6,9-10,12-16,19,22,24,29,32H,7-8,11,17-18,20-21,23H2,1-3H3,(H,37,42)(H,38,41)(H,39,43)/t29-,32+/m1/s1. The molecule has 0 bridgehead atoms. The van der Waals surface area contributed by atoms with Crippen molar-refractivity contribution in [2.45, 2.75) is 71.4 Å². The normalized spacial score (nSPS) is 15.6. The Labute approximate surface area is 259 Å². The van der Waals surface area contributed by atoms with Crippen LogP contribution in [0.2, 0.25) is 0 Å². The van der Waals surface area contributed by atoms with Gasteiger partial charge in [0.25, 0.3) is 5.91 Å². The van der Waals surface area contributed by atoms with Crippen LogP contribution in [0.4, 0.5) is 5.69 Å². The van der Waals surface area contributed by atoms with E-state index in [2.05, 4.69) is 20.9 Å². The molecular weight excluding hydrogens is 554 g/mol. The topological polar surface area (TPSA) is 120 Å². The number of rotatable bonds is 11. The predicted octanol–water partition coefficient (Wildman–Crippen LogP) is 5.58. The lowest BCUT2D eigenvalue weighted by molar-refractivity contribution is -0.137. The van der Waals surface area contributed by atoms with Crippen molar-refractivity contribution in [1.29, 1.82) is 0 Å². The summed E-state index contributed by atoms with van der Waals surface area (Å²) in [6.07, 6.45) is 7.40. The molecule has 0 spiro atoms. The molecule has 2 heterocycles. The maximum Gasteiger partial charge on any atom is 0.252 e. The Kier molecular flexibility index (Phi) is 11.2. The third-order valence-electron chi connectivity index (χ3n) is 7.51. The molecule has 0 radical (unpaired) electrons. The molecule has 1 fully saturated rings. The van der Waals surface area contributed by atoms with Gasteiger partial charge < -0.3 is 20.9 Å². The van der Waals surface area contributed by atoms with E-state index in [0.29, 0.717) is 42.7 Å². The number of piperidine rings is 1. The van der Waals surface area contributed by atoms with E-state index < -0.39 is 11.9 Å². The lowest BCUT2D eigenvalue weighted by Gasteiger charge is -2.38. The highest BCUT2D eigenvalue weighted by Gasteiger charge is 2.34. The summed E-state index contributed by atoms with van der Waals surface area (Å²) >= 11 is 0. The molecule has 3 aromatic rings. The van der Waals surface area contributed by atoms with Gasteiger partial charge in [0, 0.05) is 49.6 Å². The number of carbonyl (C=O) groups excluding carboxylic acids is 4. The van der Waals surface area contributed by atoms with Crippen molar-refractivity contribution < 1.29 is 19.2 Å². The molecule has 1 aliphatic heterocycles. The Morgan fingerprint density at radius 1 is 0.955 bits per heavy atom. The van der Waals surface area contributed by atoms with Crippen LogP contribution in [0.1, 0.15) is 92.9 Å². The highest BCUT2D eigenvalue weighted by atomic mass is 16.2. The number of likely N-dealkylation sites (tertiary alicyclic amines) is 1. The van der Waals surface area contributed by atoms with E-state index in [0.717, 1.165) is 24.8 Å². The number of hydrogen-bond donors (Lipinski definition) is 3. The second kappa shape index (κ2) is 15.3. The van der Waals surface area contributed by atoms with Gasteiger partial charge >= 0.3 is 0 Å². The van der Waals surface area contributed by atoms with Crippen molar-refractivity contribution in [3.63, 3.8) is 0 Å². The third kappa shape index (κ3) is 9.49. The van der Waals surface area contributed by atoms with Crippen LogP contribution in [0.15, 0.2) is 79.1 Å². The molecule has 9 nitrogen and oxygen atoms in total. The first-order valence-corrected chi connectivity index (χ1v) is 15.3. The summed E-state index contributed by atoms with van der Waals surface area (Å²) in [5.74, 6) is -0.828. The number of aromatic nitrogens is 1. The monoisotopic (exact) mass is 597 g/mol. The molecular formula is C35H43N5O4. The first-order valence-electron chi connectivity index (χ1n) is 15.3. The summed E-state index contributed by atoms with van der Waals surface area (Å²) in [6.45, 7) is 7.02. The fraction of sp³-hybridized carbons (Fsp3) is 0.400. The Morgan fingerprint density at radius 3 is 2.48 bits per heavy atom. The van der Waals surface area contributed by atoms with E-state index >= 15 is 0 Å². The number of carbonyl (C=O) groups is 4. The summed E-state index contributed by atoms with van der Waals surface area (Å²) in [5, 5.41) is 8.66. The summed E-state index contributed by atoms with van der Waals surface area (Å²) in [7, 11) is 0. The summed E-state index contributed by atoms with van der Waals surface area (Å²) < 4.78 is 0. The molecule has 4 amide bonds. The van der Waals surface area contributed by atoms with Crippen LogP contribution < -0.4 is 16.0 Å². The van der Waals surface area contributed by atoms with Crippen molar-refractivity contribution >= 4 is 29.3 Å². The van der Waals surface area contributed by atoms with Gasteiger partial charge in [0.2, 0.25) is 17.7 Å². The minimum atomic E-state index is -0.882. The summed E-state index contributed by atoms with van der Waals surface area (Å²) in [5.41, 5.74) is 2.39. The number of hydrogen-bond acceptors (Lipinski definition) is 5. The molecule has 9 heteroatoms. The predicted molar refractivity (Wildman–Crippen MR) is 171 cm³/mol. The molecule has 4 rings (SSSR count). The molecule has 0 saturated carbocycles. The molecule has 0 aliphatic carbocycles. The zero-order valence-corrected chi connectivity index (χ0v) is 25.8. The molecule has 1 aromatic heterocycles. The molecule has 44 heavy (non-hydrogen) atoms. The highest BCUT2D eigenvalue weighted by Crippen LogP contribution is 2.33. The van der Waals surface area contributed by atoms with Gasteiger partial charge in [-0.05, 0) is 66.5 Å². The molecule has 1 saturated heterocycles. The number of amides is 4. The van der Waals surface area contributed by atoms with Gasteiger partial charge in [0.05, 0.1) is 6.04 Å². The Hall–Kier alpha value is -4.53. The van der Waals surface area contributed by atoms with Crippen LogP contribution in [0.5, 0.6) is 0 Å². The van der Waals surface area contributed by atoms with Crippen LogP contribution in [0, 0.1) is 5.41 Å². The minimum absolute atomic E-state index is 0.0307. The van der Waals surface area contributed by atoms with Gasteiger partial charge in [-0.2, -0.15) is 0 Å². The van der Waals surface area contributed by atoms with Crippen LogP contribution in [-0.2, 0) is 14.4 Å². The Balaban J connectivity index is 1.41. The summed E-state index contributed by atoms with van der Waals surface area (Å²) in [6, 6.07) is 18.8. The second-order valence-electron chi connectivity index (χ2n) is 12.5. The highest BCUT2D eigenvalue weighted by molar-refractivity contribution is 5.99. The van der Waals surface area contributed by atoms with Gasteiger partial charge in [0.15, 0.2) is 0 Å². The zero-order chi connectivity index (χ0) is 31.5. The number of anilines is 1. The van der Waals surface area contributed by atoms with Gasteiger partial charge in [-0.25, -0.2) is 0 Å². The van der Waals surface area contributed by atoms with Gasteiger partial charge in [-0.1, -0.05) is 63.2 Å². The summed E-state index contributed by atoms with van der Waals surface area (Å²) in [4.78, 5) is 58.3. The largest absolute Gasteiger partial charge is 0.356 e. The lowest BCUT2D eigenvalue weighted by Crippen LogP contribution is -2.46. The van der Waals surface area contributed by atoms with Crippen molar-refractivity contribution in [2.75, 3.05) is 18.4 Å². The fourth-order valence-corrected chi connectivity index (χ4v) is 5.41. The molecule has 232 valence electrons. The quantitative estimate of drug-likeness (QED) is 0.249. The fourth-order valence-electron chi connectivity index (χ4n) is 5.41. The average Bonchev–Trinajstić information content (AvgIpc) is 3.01.